The molecule has 2 aliphatic heterocycles. The monoisotopic (exact) mass is 539 g/mol. The van der Waals surface area contributed by atoms with Crippen molar-refractivity contribution in [3.8, 4) is 22.8 Å². The first-order valence-electron chi connectivity index (χ1n) is 13.6. The third kappa shape index (κ3) is 5.41. The van der Waals surface area contributed by atoms with Crippen LogP contribution in [-0.2, 0) is 9.53 Å². The van der Waals surface area contributed by atoms with Crippen molar-refractivity contribution in [2.45, 2.75) is 24.9 Å². The van der Waals surface area contributed by atoms with Gasteiger partial charge in [0.1, 0.15) is 29.3 Å². The molecule has 4 aromatic rings. The maximum atomic E-state index is 13.0. The van der Waals surface area contributed by atoms with Gasteiger partial charge in [-0.3, -0.25) is 9.69 Å². The fourth-order valence-corrected chi connectivity index (χ4v) is 5.16. The Hall–Kier alpha value is -4.28. The van der Waals surface area contributed by atoms with Crippen LogP contribution in [0.5, 0.6) is 11.5 Å². The van der Waals surface area contributed by atoms with E-state index < -0.39 is 0 Å². The molecule has 0 radical (unpaired) electrons. The Morgan fingerprint density at radius 1 is 1.12 bits per heavy atom. The maximum absolute atomic E-state index is 13.0. The zero-order chi connectivity index (χ0) is 27.5. The molecule has 2 saturated heterocycles. The minimum Gasteiger partial charge on any atom is -0.457 e. The number of hydrogen-bond acceptors (Lipinski definition) is 8. The van der Waals surface area contributed by atoms with Crippen molar-refractivity contribution < 1.29 is 14.3 Å². The van der Waals surface area contributed by atoms with E-state index in [1.54, 1.807) is 6.08 Å². The number of carbonyl (C=O) groups is 1. The van der Waals surface area contributed by atoms with E-state index in [0.29, 0.717) is 35.1 Å². The lowest BCUT2D eigenvalue weighted by Gasteiger charge is -2.34. The number of anilines is 1. The summed E-state index contributed by atoms with van der Waals surface area (Å²) in [6.45, 7) is 3.50. The fourth-order valence-electron chi connectivity index (χ4n) is 5.16. The predicted octanol–water partition coefficient (Wildman–Crippen LogP) is 3.92. The molecule has 1 atom stereocenters. The van der Waals surface area contributed by atoms with Crippen LogP contribution in [0.3, 0.4) is 0 Å². The van der Waals surface area contributed by atoms with E-state index in [1.165, 1.54) is 6.33 Å². The number of ether oxygens (including phenoxy) is 2. The number of likely N-dealkylation sites (N-methyl/N-ethyl adjacent to an activating group) is 1. The Morgan fingerprint density at radius 2 is 1.90 bits per heavy atom. The van der Waals surface area contributed by atoms with Gasteiger partial charge in [0.05, 0.1) is 30.7 Å². The molecule has 0 saturated carbocycles. The van der Waals surface area contributed by atoms with Crippen LogP contribution in [0.2, 0.25) is 0 Å². The molecule has 2 aliphatic rings. The van der Waals surface area contributed by atoms with E-state index in [0.717, 1.165) is 56.2 Å². The molecule has 10 nitrogen and oxygen atoms in total. The summed E-state index contributed by atoms with van der Waals surface area (Å²) in [7, 11) is 2.05. The maximum Gasteiger partial charge on any atom is 0.246 e. The fraction of sp³-hybridized carbons (Fsp3) is 0.333. The summed E-state index contributed by atoms with van der Waals surface area (Å²) < 4.78 is 13.1. The lowest BCUT2D eigenvalue weighted by molar-refractivity contribution is -0.127. The number of hydrogen-bond donors (Lipinski definition) is 1. The lowest BCUT2D eigenvalue weighted by Crippen LogP contribution is -2.47. The van der Waals surface area contributed by atoms with Crippen LogP contribution in [0.25, 0.3) is 22.3 Å². The summed E-state index contributed by atoms with van der Waals surface area (Å²) in [6, 6.07) is 17.8. The van der Waals surface area contributed by atoms with E-state index in [1.807, 2.05) is 70.3 Å². The molecule has 2 aromatic heterocycles. The Balaban J connectivity index is 1.21. The minimum absolute atomic E-state index is 0.0165. The van der Waals surface area contributed by atoms with E-state index in [-0.39, 0.29) is 11.9 Å². The Bertz CT molecular complexity index is 1500. The number of piperidine rings is 1. The van der Waals surface area contributed by atoms with Gasteiger partial charge < -0.3 is 20.1 Å². The molecule has 1 amide bonds. The topological polar surface area (TPSA) is 112 Å². The second kappa shape index (κ2) is 11.4. The molecule has 2 aromatic carbocycles. The number of benzene rings is 2. The highest BCUT2D eigenvalue weighted by molar-refractivity contribution is 5.98. The number of amides is 1. The summed E-state index contributed by atoms with van der Waals surface area (Å²) in [6.07, 6.45) is 6.86. The average molecular weight is 540 g/mol. The van der Waals surface area contributed by atoms with E-state index in [4.69, 9.17) is 20.3 Å². The lowest BCUT2D eigenvalue weighted by atomic mass is 10.1. The highest BCUT2D eigenvalue weighted by atomic mass is 16.5. The number of carbonyl (C=O) groups excluding carboxylic acids is 1. The second-order valence-corrected chi connectivity index (χ2v) is 10.3. The third-order valence-corrected chi connectivity index (χ3v) is 7.58. The molecule has 6 rings (SSSR count). The van der Waals surface area contributed by atoms with Gasteiger partial charge in [-0.1, -0.05) is 24.3 Å². The standard InChI is InChI=1S/C30H33N7O3/c1-35(23-18-39-19-23)15-6-10-26(38)36-16-5-7-22(17-36)37-30-27(29(31)32-20-33-30)28(34-37)21-11-13-25(14-12-21)40-24-8-3-2-4-9-24/h2-4,6,8-14,20,22-23H,5,7,15-19H2,1H3,(H2,31,32,33)/b10-6+/t22-/m1/s1. The van der Waals surface area contributed by atoms with Crippen molar-refractivity contribution in [3.05, 3.63) is 73.1 Å². The first-order valence-corrected chi connectivity index (χ1v) is 13.6. The largest absolute Gasteiger partial charge is 0.457 e. The van der Waals surface area contributed by atoms with Crippen molar-refractivity contribution >= 4 is 22.8 Å². The average Bonchev–Trinajstić information content (AvgIpc) is 3.34. The van der Waals surface area contributed by atoms with Gasteiger partial charge in [-0.25, -0.2) is 14.6 Å². The first-order chi connectivity index (χ1) is 19.6. The van der Waals surface area contributed by atoms with Crippen molar-refractivity contribution in [1.29, 1.82) is 0 Å². The van der Waals surface area contributed by atoms with Gasteiger partial charge in [-0.05, 0) is 56.3 Å². The van der Waals surface area contributed by atoms with Crippen LogP contribution in [-0.4, -0.2) is 81.4 Å². The van der Waals surface area contributed by atoms with Crippen LogP contribution >= 0.6 is 0 Å². The summed E-state index contributed by atoms with van der Waals surface area (Å²) in [5, 5.41) is 5.70. The number of nitrogens with zero attached hydrogens (tertiary/aromatic N) is 6. The molecular weight excluding hydrogens is 506 g/mol. The quantitative estimate of drug-likeness (QED) is 0.336. The molecule has 2 N–H and O–H groups in total. The van der Waals surface area contributed by atoms with Gasteiger partial charge in [-0.15, -0.1) is 0 Å². The number of fused-ring (bicyclic) bond motifs is 1. The van der Waals surface area contributed by atoms with Gasteiger partial charge in [-0.2, -0.15) is 5.10 Å². The normalized spacial score (nSPS) is 17.9. The Labute approximate surface area is 233 Å². The highest BCUT2D eigenvalue weighted by Gasteiger charge is 2.28. The molecular formula is C30H33N7O3. The van der Waals surface area contributed by atoms with Crippen molar-refractivity contribution in [3.63, 3.8) is 0 Å². The van der Waals surface area contributed by atoms with Crippen LogP contribution < -0.4 is 10.5 Å². The van der Waals surface area contributed by atoms with Gasteiger partial charge in [0.2, 0.25) is 5.91 Å². The first kappa shape index (κ1) is 26.0. The summed E-state index contributed by atoms with van der Waals surface area (Å²) in [5.74, 6) is 1.89. The van der Waals surface area contributed by atoms with Gasteiger partial charge >= 0.3 is 0 Å². The predicted molar refractivity (Wildman–Crippen MR) is 153 cm³/mol. The number of nitrogens with two attached hydrogens (primary N) is 1. The van der Waals surface area contributed by atoms with E-state index >= 15 is 0 Å². The minimum atomic E-state index is -0.0212. The van der Waals surface area contributed by atoms with Gasteiger partial charge in [0.15, 0.2) is 5.65 Å². The van der Waals surface area contributed by atoms with Gasteiger partial charge in [0.25, 0.3) is 0 Å². The van der Waals surface area contributed by atoms with Crippen LogP contribution in [0.1, 0.15) is 18.9 Å². The molecule has 0 aliphatic carbocycles. The van der Waals surface area contributed by atoms with Crippen molar-refractivity contribution in [1.82, 2.24) is 29.5 Å². The zero-order valence-electron chi connectivity index (χ0n) is 22.5. The summed E-state index contributed by atoms with van der Waals surface area (Å²) >= 11 is 0. The Morgan fingerprint density at radius 3 is 2.65 bits per heavy atom. The molecule has 40 heavy (non-hydrogen) atoms. The molecule has 2 fully saturated rings. The number of likely N-dealkylation sites (tertiary alicyclic amines) is 1. The Kier molecular flexibility index (Phi) is 7.43. The summed E-state index contributed by atoms with van der Waals surface area (Å²) in [5.41, 5.74) is 8.62. The van der Waals surface area contributed by atoms with Crippen molar-refractivity contribution in [2.75, 3.05) is 45.6 Å². The van der Waals surface area contributed by atoms with E-state index in [2.05, 4.69) is 21.9 Å². The van der Waals surface area contributed by atoms with Crippen LogP contribution in [0.15, 0.2) is 73.1 Å². The zero-order valence-corrected chi connectivity index (χ0v) is 22.5. The SMILES string of the molecule is CN(C/C=C/C(=O)N1CCC[C@@H](n2nc(-c3ccc(Oc4ccccc4)cc3)c3c(N)ncnc32)C1)C1COC1. The molecule has 206 valence electrons. The van der Waals surface area contributed by atoms with Crippen LogP contribution in [0, 0.1) is 0 Å². The molecule has 0 spiro atoms. The molecule has 10 heteroatoms. The molecule has 4 heterocycles. The smallest absolute Gasteiger partial charge is 0.246 e. The van der Waals surface area contributed by atoms with E-state index in [9.17, 15) is 4.79 Å². The number of nitrogen functional groups attached to an aromatic ring is 1. The van der Waals surface area contributed by atoms with Crippen molar-refractivity contribution in [2.24, 2.45) is 0 Å². The summed E-state index contributed by atoms with van der Waals surface area (Å²) in [4.78, 5) is 25.9. The molecule has 0 bridgehead atoms. The van der Waals surface area contributed by atoms with Gasteiger partial charge in [0, 0.05) is 31.3 Å². The number of rotatable bonds is 8. The highest BCUT2D eigenvalue weighted by Crippen LogP contribution is 2.35. The second-order valence-electron chi connectivity index (χ2n) is 10.3. The number of para-hydroxylation sites is 1. The number of aromatic nitrogens is 4. The van der Waals surface area contributed by atoms with Crippen LogP contribution in [0.4, 0.5) is 5.82 Å². The molecule has 0 unspecified atom stereocenters. The third-order valence-electron chi connectivity index (χ3n) is 7.58.